The zero-order chi connectivity index (χ0) is 19.6. The maximum atomic E-state index is 14.4. The number of carboxylic acids is 1. The lowest BCUT2D eigenvalue weighted by Crippen LogP contribution is -2.27. The molecular weight excluding hydrogens is 360 g/mol. The van der Waals surface area contributed by atoms with Crippen molar-refractivity contribution in [2.24, 2.45) is 5.73 Å². The molecule has 2 heterocycles. The number of carbonyl (C=O) groups is 1. The predicted molar refractivity (Wildman–Crippen MR) is 89.5 cm³/mol. The molecule has 10 heteroatoms. The highest BCUT2D eigenvalue weighted by atomic mass is 19.2. The minimum atomic E-state index is -1.34. The second-order valence-corrected chi connectivity index (χ2v) is 5.66. The molecule has 27 heavy (non-hydrogen) atoms. The number of nitrogens with one attached hydrogen (secondary N) is 1. The molecule has 0 bridgehead atoms. The van der Waals surface area contributed by atoms with Crippen molar-refractivity contribution in [1.82, 2.24) is 9.78 Å². The van der Waals surface area contributed by atoms with Gasteiger partial charge in [-0.2, -0.15) is 10.4 Å². The van der Waals surface area contributed by atoms with E-state index < -0.39 is 23.6 Å². The minimum absolute atomic E-state index is 0.0392. The number of halogens is 2. The van der Waals surface area contributed by atoms with Gasteiger partial charge in [0.1, 0.15) is 29.2 Å². The lowest BCUT2D eigenvalue weighted by atomic mass is 9.97. The SMILES string of the molecule is N#Cc1c(COCCN)nn2c1NC=C(C(=O)O)C2c1cccc(F)c1F. The molecule has 140 valence electrons. The maximum absolute atomic E-state index is 14.4. The van der Waals surface area contributed by atoms with Gasteiger partial charge in [0, 0.05) is 18.3 Å². The van der Waals surface area contributed by atoms with E-state index in [1.807, 2.05) is 6.07 Å². The number of rotatable bonds is 6. The summed E-state index contributed by atoms with van der Waals surface area (Å²) in [4.78, 5) is 11.6. The van der Waals surface area contributed by atoms with Crippen LogP contribution in [0.4, 0.5) is 14.6 Å². The Morgan fingerprint density at radius 3 is 2.93 bits per heavy atom. The summed E-state index contributed by atoms with van der Waals surface area (Å²) in [5.74, 6) is -3.46. The molecule has 0 spiro atoms. The van der Waals surface area contributed by atoms with Crippen molar-refractivity contribution in [3.63, 3.8) is 0 Å². The number of nitriles is 1. The zero-order valence-corrected chi connectivity index (χ0v) is 13.9. The highest BCUT2D eigenvalue weighted by Gasteiger charge is 2.35. The number of benzene rings is 1. The third-order valence-electron chi connectivity index (χ3n) is 4.02. The first-order valence-corrected chi connectivity index (χ1v) is 7.92. The van der Waals surface area contributed by atoms with E-state index in [0.717, 1.165) is 16.9 Å². The second kappa shape index (κ2) is 7.53. The zero-order valence-electron chi connectivity index (χ0n) is 13.9. The van der Waals surface area contributed by atoms with Gasteiger partial charge in [0.15, 0.2) is 11.6 Å². The van der Waals surface area contributed by atoms with Crippen LogP contribution in [0.1, 0.15) is 22.9 Å². The number of nitrogens with zero attached hydrogens (tertiary/aromatic N) is 3. The van der Waals surface area contributed by atoms with Crippen molar-refractivity contribution in [1.29, 1.82) is 5.26 Å². The van der Waals surface area contributed by atoms with Crippen LogP contribution in [0.25, 0.3) is 0 Å². The van der Waals surface area contributed by atoms with Gasteiger partial charge in [0.05, 0.1) is 18.8 Å². The average Bonchev–Trinajstić information content (AvgIpc) is 3.01. The third kappa shape index (κ3) is 3.25. The Balaban J connectivity index is 2.15. The molecule has 0 fully saturated rings. The van der Waals surface area contributed by atoms with Crippen molar-refractivity contribution in [2.45, 2.75) is 12.6 Å². The number of aliphatic carboxylic acids is 1. The summed E-state index contributed by atoms with van der Waals surface area (Å²) in [6, 6.07) is 4.19. The van der Waals surface area contributed by atoms with E-state index in [9.17, 15) is 23.9 Å². The topological polar surface area (TPSA) is 126 Å². The van der Waals surface area contributed by atoms with E-state index in [4.69, 9.17) is 10.5 Å². The van der Waals surface area contributed by atoms with Gasteiger partial charge in [-0.1, -0.05) is 12.1 Å². The van der Waals surface area contributed by atoms with Crippen LogP contribution in [0, 0.1) is 23.0 Å². The van der Waals surface area contributed by atoms with E-state index >= 15 is 0 Å². The highest BCUT2D eigenvalue weighted by Crippen LogP contribution is 2.37. The summed E-state index contributed by atoms with van der Waals surface area (Å²) < 4.78 is 34.6. The van der Waals surface area contributed by atoms with Crippen molar-refractivity contribution in [3.8, 4) is 6.07 Å². The van der Waals surface area contributed by atoms with Crippen LogP contribution in [0.5, 0.6) is 0 Å². The molecule has 1 aliphatic heterocycles. The summed E-state index contributed by atoms with van der Waals surface area (Å²) >= 11 is 0. The molecule has 4 N–H and O–H groups in total. The molecule has 0 saturated heterocycles. The van der Waals surface area contributed by atoms with E-state index in [1.54, 1.807) is 0 Å². The Labute approximate surface area is 152 Å². The van der Waals surface area contributed by atoms with E-state index in [0.29, 0.717) is 0 Å². The number of carboxylic acid groups (broad SMARTS) is 1. The van der Waals surface area contributed by atoms with E-state index in [1.165, 1.54) is 12.1 Å². The van der Waals surface area contributed by atoms with Gasteiger partial charge in [0.25, 0.3) is 0 Å². The normalized spacial score (nSPS) is 15.5. The van der Waals surface area contributed by atoms with Crippen LogP contribution in [-0.4, -0.2) is 34.0 Å². The Morgan fingerprint density at radius 1 is 1.48 bits per heavy atom. The lowest BCUT2D eigenvalue weighted by molar-refractivity contribution is -0.133. The van der Waals surface area contributed by atoms with Crippen LogP contribution in [0.3, 0.4) is 0 Å². The highest BCUT2D eigenvalue weighted by molar-refractivity contribution is 5.90. The minimum Gasteiger partial charge on any atom is -0.478 e. The van der Waals surface area contributed by atoms with E-state index in [-0.39, 0.29) is 48.0 Å². The third-order valence-corrected chi connectivity index (χ3v) is 4.02. The van der Waals surface area contributed by atoms with Gasteiger partial charge >= 0.3 is 5.97 Å². The molecule has 2 aromatic rings. The fourth-order valence-electron chi connectivity index (χ4n) is 2.84. The first-order chi connectivity index (χ1) is 13.0. The largest absolute Gasteiger partial charge is 0.478 e. The van der Waals surface area contributed by atoms with Gasteiger partial charge in [-0.3, -0.25) is 0 Å². The van der Waals surface area contributed by atoms with Crippen LogP contribution in [-0.2, 0) is 16.1 Å². The number of nitrogens with two attached hydrogens (primary N) is 1. The van der Waals surface area contributed by atoms with Gasteiger partial charge in [-0.15, -0.1) is 0 Å². The number of ether oxygens (including phenoxy) is 1. The number of fused-ring (bicyclic) bond motifs is 1. The fraction of sp³-hybridized carbons (Fsp3) is 0.235. The van der Waals surface area contributed by atoms with Gasteiger partial charge in [-0.25, -0.2) is 18.3 Å². The maximum Gasteiger partial charge on any atom is 0.335 e. The molecular formula is C17H15F2N5O3. The molecule has 3 rings (SSSR count). The fourth-order valence-corrected chi connectivity index (χ4v) is 2.84. The number of anilines is 1. The molecule has 1 aromatic heterocycles. The Kier molecular flexibility index (Phi) is 5.16. The standard InChI is InChI=1S/C17H15F2N5O3/c18-12-3-1-2-9(14(12)19)15-11(17(25)26)7-22-16-10(6-21)13(23-24(15)16)8-27-5-4-20/h1-3,7,15,22H,4-5,8,20H2,(H,25,26). The molecule has 1 aliphatic rings. The van der Waals surface area contributed by atoms with Crippen molar-refractivity contribution in [2.75, 3.05) is 18.5 Å². The Hall–Kier alpha value is -3.29. The summed E-state index contributed by atoms with van der Waals surface area (Å²) in [6.07, 6.45) is 1.14. The summed E-state index contributed by atoms with van der Waals surface area (Å²) in [6.45, 7) is 0.471. The van der Waals surface area contributed by atoms with E-state index in [2.05, 4.69) is 10.4 Å². The van der Waals surface area contributed by atoms with Crippen LogP contribution >= 0.6 is 0 Å². The molecule has 0 amide bonds. The van der Waals surface area contributed by atoms with Gasteiger partial charge < -0.3 is 20.9 Å². The van der Waals surface area contributed by atoms with Crippen LogP contribution < -0.4 is 11.1 Å². The van der Waals surface area contributed by atoms with Crippen molar-refractivity contribution in [3.05, 3.63) is 58.4 Å². The monoisotopic (exact) mass is 375 g/mol. The summed E-state index contributed by atoms with van der Waals surface area (Å²) in [5, 5.41) is 25.9. The lowest BCUT2D eigenvalue weighted by Gasteiger charge is -2.25. The number of aromatic nitrogens is 2. The second-order valence-electron chi connectivity index (χ2n) is 5.66. The van der Waals surface area contributed by atoms with Crippen molar-refractivity contribution < 1.29 is 23.4 Å². The van der Waals surface area contributed by atoms with Crippen LogP contribution in [0.15, 0.2) is 30.0 Å². The first kappa shape index (κ1) is 18.5. The molecule has 0 saturated carbocycles. The Bertz CT molecular complexity index is 964. The molecule has 0 radical (unpaired) electrons. The first-order valence-electron chi connectivity index (χ1n) is 7.92. The molecule has 1 aromatic carbocycles. The van der Waals surface area contributed by atoms with Crippen LogP contribution in [0.2, 0.25) is 0 Å². The predicted octanol–water partition coefficient (Wildman–Crippen LogP) is 1.49. The molecule has 1 atom stereocenters. The summed E-state index contributed by atoms with van der Waals surface area (Å²) in [5.41, 5.74) is 5.24. The summed E-state index contributed by atoms with van der Waals surface area (Å²) in [7, 11) is 0. The van der Waals surface area contributed by atoms with Crippen molar-refractivity contribution >= 4 is 11.8 Å². The molecule has 8 nitrogen and oxygen atoms in total. The quantitative estimate of drug-likeness (QED) is 0.653. The molecule has 0 aliphatic carbocycles. The van der Waals surface area contributed by atoms with Gasteiger partial charge in [-0.05, 0) is 6.07 Å². The number of hydrogen-bond donors (Lipinski definition) is 3. The average molecular weight is 375 g/mol. The smallest absolute Gasteiger partial charge is 0.335 e. The number of hydrogen-bond acceptors (Lipinski definition) is 6. The molecule has 1 unspecified atom stereocenters. The van der Waals surface area contributed by atoms with Gasteiger partial charge in [0.2, 0.25) is 0 Å². The Morgan fingerprint density at radius 2 is 2.26 bits per heavy atom.